The first kappa shape index (κ1) is 65.7. The number of esters is 1. The van der Waals surface area contributed by atoms with E-state index in [1.807, 2.05) is 85.5 Å². The minimum absolute atomic E-state index is 0. The Morgan fingerprint density at radius 3 is 1.12 bits per heavy atom. The zero-order valence-corrected chi connectivity index (χ0v) is 60.0. The van der Waals surface area contributed by atoms with Gasteiger partial charge in [-0.05, 0) is 185 Å². The summed E-state index contributed by atoms with van der Waals surface area (Å²) in [6, 6.07) is 104. The van der Waals surface area contributed by atoms with Gasteiger partial charge in [0, 0.05) is 66.9 Å². The van der Waals surface area contributed by atoms with Crippen molar-refractivity contribution in [3.63, 3.8) is 0 Å². The molecule has 478 valence electrons. The normalized spacial score (nSPS) is 12.5. The smallest absolute Gasteiger partial charge is 0.449 e. The van der Waals surface area contributed by atoms with Crippen LogP contribution in [-0.4, -0.2) is 20.9 Å². The summed E-state index contributed by atoms with van der Waals surface area (Å²) in [6.45, 7) is 0. The molecule has 3 aromatic heterocycles. The van der Waals surface area contributed by atoms with Crippen LogP contribution in [-0.2, 0) is 4.74 Å². The van der Waals surface area contributed by atoms with E-state index in [-0.39, 0.29) is 30.9 Å². The van der Waals surface area contributed by atoms with Gasteiger partial charge in [-0.1, -0.05) is 284 Å². The molecule has 0 fully saturated rings. The standard InChI is InChI=1S/2C31H18BrN.C13H9NO2.C12H7Br.C6H5.Li/c32-26-15-14-24-29-22(26)12-7-13-23(29)30-28(20-10-5-2-6-11-20)25-18-33-17-16-21(25)27(31(24)30)19-8-3-1-4-9-19;32-26-15-14-24-29-22(26)12-7-13-23(29)30-27(19-8-3-1-4-9-19)21-16-17-33-18-25(21)28(31(24)30)20-10-5-2-6-11-20;15-13-10-6-7-14-8-11(10)12(16-13)9-4-2-1-3-5-9;13-11-7-6-9-5-4-8-2-1-3-10(11)12(8)9;1-2-4-6-5-3-1;/h2*1-18H;1-8,12H;1-7H;1-5H;/q;;;;-1;+1. The number of rotatable bonds is 5. The van der Waals surface area contributed by atoms with Crippen LogP contribution in [0.5, 0.6) is 0 Å². The average molecular weight is 1500 g/mol. The molecule has 1 unspecified atom stereocenters. The molecule has 0 amide bonds. The second-order valence-electron chi connectivity index (χ2n) is 24.9. The molecule has 14 aromatic carbocycles. The SMILES string of the molecule is Brc1ccc2c3c(cccc13)-c1c-2c(-c2ccccc2)c2ccncc2c1-c1ccccc1.Brc1ccc2c3c(cccc13)-c1c-2c(-c2ccccc2)c2cnccc2c1-c1ccccc1.Brc1ccc2c3c(cccc13)C=C2.O=C1OC(c2ccccc2)c2cnccc21.[Li+].[c-]1ccccc1. The molecule has 0 saturated carbocycles. The predicted molar refractivity (Wildman–Crippen MR) is 428 cm³/mol. The Bertz CT molecular complexity index is 5620. The van der Waals surface area contributed by atoms with Crippen LogP contribution in [0, 0.1) is 6.07 Å². The van der Waals surface area contributed by atoms with Gasteiger partial charge in [0.15, 0.2) is 6.10 Å². The Kier molecular flexibility index (Phi) is 18.4. The summed E-state index contributed by atoms with van der Waals surface area (Å²) in [7, 11) is 0. The van der Waals surface area contributed by atoms with E-state index in [4.69, 9.17) is 4.74 Å². The number of pyridine rings is 3. The van der Waals surface area contributed by atoms with Gasteiger partial charge in [-0.25, -0.2) is 4.79 Å². The third-order valence-electron chi connectivity index (χ3n) is 19.3. The predicted octanol–water partition coefficient (Wildman–Crippen LogP) is 23.2. The number of hydrogen-bond donors (Lipinski definition) is 0. The Morgan fingerprint density at radius 1 is 0.304 bits per heavy atom. The van der Waals surface area contributed by atoms with Crippen LogP contribution < -0.4 is 18.9 Å². The fourth-order valence-electron chi connectivity index (χ4n) is 15.1. The summed E-state index contributed by atoms with van der Waals surface area (Å²) in [5.74, 6) is -0.272. The van der Waals surface area contributed by atoms with Gasteiger partial charge < -0.3 is 4.74 Å². The van der Waals surface area contributed by atoms with E-state index in [9.17, 15) is 4.79 Å². The molecule has 4 aliphatic rings. The maximum Gasteiger partial charge on any atom is 1.00 e. The summed E-state index contributed by atoms with van der Waals surface area (Å²) in [5.41, 5.74) is 25.5. The van der Waals surface area contributed by atoms with Crippen LogP contribution >= 0.6 is 47.8 Å². The zero-order valence-electron chi connectivity index (χ0n) is 55.2. The van der Waals surface area contributed by atoms with Gasteiger partial charge in [0.05, 0.1) is 5.56 Å². The Labute approximate surface area is 628 Å². The fourth-order valence-corrected chi connectivity index (χ4v) is 16.5. The molecule has 21 rings (SSSR count). The van der Waals surface area contributed by atoms with E-state index < -0.39 is 0 Å². The van der Waals surface area contributed by atoms with Gasteiger partial charge in [-0.15, -0.1) is 0 Å². The molecule has 102 heavy (non-hydrogen) atoms. The largest absolute Gasteiger partial charge is 1.00 e. The second-order valence-corrected chi connectivity index (χ2v) is 27.5. The molecule has 1 aliphatic heterocycles. The third-order valence-corrected chi connectivity index (χ3v) is 21.4. The van der Waals surface area contributed by atoms with Crippen LogP contribution in [0.2, 0.25) is 0 Å². The first-order valence-corrected chi connectivity index (χ1v) is 35.8. The van der Waals surface area contributed by atoms with Gasteiger partial charge in [0.25, 0.3) is 0 Å². The first-order chi connectivity index (χ1) is 49.9. The maximum atomic E-state index is 11.6. The van der Waals surface area contributed by atoms with Crippen molar-refractivity contribution in [1.29, 1.82) is 0 Å². The number of benzene rings is 14. The van der Waals surface area contributed by atoms with Crippen molar-refractivity contribution in [2.75, 3.05) is 0 Å². The molecule has 5 nitrogen and oxygen atoms in total. The van der Waals surface area contributed by atoms with Crippen LogP contribution in [0.25, 0.3) is 155 Å². The number of carbonyl (C=O) groups excluding carboxylic acids is 1. The zero-order chi connectivity index (χ0) is 67.9. The quantitative estimate of drug-likeness (QED) is 0.0976. The molecule has 0 radical (unpaired) electrons. The van der Waals surface area contributed by atoms with Gasteiger partial charge in [0.2, 0.25) is 0 Å². The minimum atomic E-state index is -0.308. The number of fused-ring (bicyclic) bond motifs is 9. The molecule has 0 bridgehead atoms. The molecular weight excluding hydrogens is 1440 g/mol. The van der Waals surface area contributed by atoms with Crippen molar-refractivity contribution in [1.82, 2.24) is 15.0 Å². The van der Waals surface area contributed by atoms with Crippen molar-refractivity contribution in [3.8, 4) is 89.0 Å². The van der Waals surface area contributed by atoms with Crippen molar-refractivity contribution >= 4 is 120 Å². The Balaban J connectivity index is 0.000000108. The van der Waals surface area contributed by atoms with E-state index in [0.29, 0.717) is 5.56 Å². The van der Waals surface area contributed by atoms with Crippen molar-refractivity contribution in [2.24, 2.45) is 0 Å². The van der Waals surface area contributed by atoms with Gasteiger partial charge in [-0.2, -0.15) is 36.4 Å². The molecular formula is C93H57Br3LiN3O2. The van der Waals surface area contributed by atoms with Crippen molar-refractivity contribution < 1.29 is 28.4 Å². The monoisotopic (exact) mass is 1490 g/mol. The van der Waals surface area contributed by atoms with Gasteiger partial charge in [-0.3, -0.25) is 15.0 Å². The van der Waals surface area contributed by atoms with E-state index in [1.165, 1.54) is 158 Å². The molecule has 0 N–H and O–H groups in total. The summed E-state index contributed by atoms with van der Waals surface area (Å²) in [4.78, 5) is 24.8. The van der Waals surface area contributed by atoms with Crippen LogP contribution in [0.4, 0.5) is 0 Å². The number of hydrogen-bond acceptors (Lipinski definition) is 5. The summed E-state index contributed by atoms with van der Waals surface area (Å²) in [6.07, 6.45) is 15.2. The average Bonchev–Trinajstić information content (AvgIpc) is 1.53. The first-order valence-electron chi connectivity index (χ1n) is 33.4. The van der Waals surface area contributed by atoms with Crippen LogP contribution in [0.3, 0.4) is 0 Å². The number of halogens is 3. The van der Waals surface area contributed by atoms with Crippen LogP contribution in [0.15, 0.2) is 342 Å². The van der Waals surface area contributed by atoms with E-state index >= 15 is 0 Å². The molecule has 0 spiro atoms. The minimum Gasteiger partial charge on any atom is -0.449 e. The molecule has 3 aliphatic carbocycles. The molecule has 0 saturated heterocycles. The molecule has 1 atom stereocenters. The second kappa shape index (κ2) is 28.6. The Morgan fingerprint density at radius 2 is 0.676 bits per heavy atom. The summed E-state index contributed by atoms with van der Waals surface area (Å²) < 4.78 is 8.78. The molecule has 9 heteroatoms. The number of cyclic esters (lactones) is 1. The van der Waals surface area contributed by atoms with E-state index in [2.05, 4.69) is 305 Å². The van der Waals surface area contributed by atoms with Crippen molar-refractivity contribution in [3.05, 3.63) is 376 Å². The van der Waals surface area contributed by atoms with Crippen LogP contribution in [0.1, 0.15) is 38.7 Å². The summed E-state index contributed by atoms with van der Waals surface area (Å²) in [5, 5.41) is 12.7. The Hall–Kier alpha value is -10.9. The third kappa shape index (κ3) is 11.8. The molecule has 4 heterocycles. The number of aromatic nitrogens is 3. The number of nitrogens with zero attached hydrogens (tertiary/aromatic N) is 3. The summed E-state index contributed by atoms with van der Waals surface area (Å²) >= 11 is 11.2. The molecule has 17 aromatic rings. The van der Waals surface area contributed by atoms with Gasteiger partial charge in [0.1, 0.15) is 0 Å². The topological polar surface area (TPSA) is 65.0 Å². The van der Waals surface area contributed by atoms with E-state index in [0.717, 1.165) is 20.1 Å². The fraction of sp³-hybridized carbons (Fsp3) is 0.0108. The van der Waals surface area contributed by atoms with Gasteiger partial charge >= 0.3 is 24.8 Å². The van der Waals surface area contributed by atoms with E-state index in [1.54, 1.807) is 18.5 Å². The number of carbonyl (C=O) groups is 1. The van der Waals surface area contributed by atoms with Crippen molar-refractivity contribution in [2.45, 2.75) is 6.10 Å². The maximum absolute atomic E-state index is 11.6. The number of ether oxygens (including phenoxy) is 1.